The Morgan fingerprint density at radius 1 is 0.300 bits per heavy atom. The summed E-state index contributed by atoms with van der Waals surface area (Å²) >= 11 is 0. The smallest absolute Gasteiger partial charge is 0.373 e. The third-order valence-corrected chi connectivity index (χ3v) is 59.7. The summed E-state index contributed by atoms with van der Waals surface area (Å²) in [7, 11) is -34.4. The zero-order valence-corrected chi connectivity index (χ0v) is 56.3. The Labute approximate surface area is 486 Å². The van der Waals surface area contributed by atoms with Crippen molar-refractivity contribution < 1.29 is 49.4 Å². The predicted molar refractivity (Wildman–Crippen MR) is 324 cm³/mol. The Morgan fingerprint density at radius 2 is 0.500 bits per heavy atom. The molecule has 0 spiro atoms. The number of aryl methyl sites for hydroxylation is 2. The van der Waals surface area contributed by atoms with Crippen LogP contribution in [0.5, 0.6) is 0 Å². The van der Waals surface area contributed by atoms with Gasteiger partial charge in [-0.25, -0.2) is 4.66 Å². The van der Waals surface area contributed by atoms with Crippen molar-refractivity contribution in [1.29, 1.82) is 0 Å². The van der Waals surface area contributed by atoms with Gasteiger partial charge in [0.2, 0.25) is 0 Å². The summed E-state index contributed by atoms with van der Waals surface area (Å²) in [5, 5.41) is 7.70. The second-order valence-corrected chi connectivity index (χ2v) is 51.9. The van der Waals surface area contributed by atoms with Gasteiger partial charge in [0.05, 0.1) is 0 Å². The molecule has 6 heterocycles. The lowest BCUT2D eigenvalue weighted by atomic mass is 10.0. The summed E-state index contributed by atoms with van der Waals surface area (Å²) in [5.74, 6) is 0.459. The highest BCUT2D eigenvalue weighted by Gasteiger charge is 2.88. The van der Waals surface area contributed by atoms with E-state index in [1.54, 1.807) is 0 Å². The van der Waals surface area contributed by atoms with Crippen molar-refractivity contribution in [3.63, 3.8) is 0 Å². The van der Waals surface area contributed by atoms with E-state index in [1.807, 2.05) is 0 Å². The third-order valence-electron chi connectivity index (χ3n) is 21.2. The van der Waals surface area contributed by atoms with Crippen molar-refractivity contribution in [3.8, 4) is 0 Å². The minimum absolute atomic E-state index is 0.00455. The minimum atomic E-state index is -4.82. The highest BCUT2D eigenvalue weighted by atomic mass is 28.6. The first-order valence-corrected chi connectivity index (χ1v) is 47.0. The molecule has 2 N–H and O–H groups in total. The van der Waals surface area contributed by atoms with Gasteiger partial charge in [0, 0.05) is 50.2 Å². The molecule has 0 radical (unpaired) electrons. The molecular formula is C57H93N3O12Si8. The Kier molecular flexibility index (Phi) is 16.5. The molecule has 7 saturated carbocycles. The van der Waals surface area contributed by atoms with Crippen LogP contribution < -0.4 is 10.6 Å². The number of nitrogens with one attached hydrogen (secondary N) is 2. The lowest BCUT2D eigenvalue weighted by molar-refractivity contribution is -0.0511. The monoisotopic (exact) mass is 1240 g/mol. The quantitative estimate of drug-likeness (QED) is 0.132. The Morgan fingerprint density at radius 3 is 0.713 bits per heavy atom. The van der Waals surface area contributed by atoms with Crippen molar-refractivity contribution in [2.24, 2.45) is 4.66 Å². The molecule has 440 valence electrons. The number of benzene rings is 2. The van der Waals surface area contributed by atoms with Gasteiger partial charge in [-0.15, -0.1) is 0 Å². The predicted octanol–water partition coefficient (Wildman–Crippen LogP) is 15.8. The van der Waals surface area contributed by atoms with Crippen LogP contribution >= 0.6 is 0 Å². The molecule has 0 unspecified atom stereocenters. The van der Waals surface area contributed by atoms with Gasteiger partial charge in [-0.05, 0) is 127 Å². The van der Waals surface area contributed by atoms with E-state index >= 15 is 0 Å². The molecule has 23 heteroatoms. The second kappa shape index (κ2) is 23.2. The van der Waals surface area contributed by atoms with Crippen LogP contribution in [0.2, 0.25) is 38.8 Å². The van der Waals surface area contributed by atoms with Crippen molar-refractivity contribution >= 4 is 87.9 Å². The van der Waals surface area contributed by atoms with Crippen molar-refractivity contribution in [3.05, 3.63) is 59.7 Å². The molecule has 8 bridgehead atoms. The summed E-state index contributed by atoms with van der Waals surface area (Å²) in [5.41, 5.74) is 3.50. The van der Waals surface area contributed by atoms with Gasteiger partial charge >= 0.3 is 70.6 Å². The molecule has 2 aromatic carbocycles. The topological polar surface area (TPSA) is 147 Å². The van der Waals surface area contributed by atoms with Gasteiger partial charge < -0.3 is 60.0 Å². The summed E-state index contributed by atoms with van der Waals surface area (Å²) in [4.78, 5) is 0. The molecule has 15 rings (SSSR count). The number of rotatable bonds is 10. The molecule has 15 nitrogen and oxygen atoms in total. The molecular weight excluding hydrogens is 1140 g/mol. The van der Waals surface area contributed by atoms with E-state index in [4.69, 9.17) is 54.0 Å². The highest BCUT2D eigenvalue weighted by molar-refractivity contribution is 7.04. The fraction of sp³-hybridized carbons (Fsp3) is 0.772. The Bertz CT molecular complexity index is 2280. The fourth-order valence-corrected chi connectivity index (χ4v) is 71.1. The van der Waals surface area contributed by atoms with Crippen LogP contribution in [0, 0.1) is 13.8 Å². The molecule has 0 atom stereocenters. The van der Waals surface area contributed by atoms with E-state index in [-0.39, 0.29) is 38.8 Å². The van der Waals surface area contributed by atoms with E-state index in [9.17, 15) is 0 Å². The summed E-state index contributed by atoms with van der Waals surface area (Å²) < 4.78 is 112. The zero-order valence-electron chi connectivity index (χ0n) is 48.3. The van der Waals surface area contributed by atoms with Crippen LogP contribution in [-0.2, 0) is 49.4 Å². The standard InChI is InChI=1S/C57H93N3O12Si8/c1-46-28-24-26-44-55(46)58-57(59-56-45-27-25-29-47(56)2)60-80-70-77(52-38-18-7-19-39-52)64-74(49-32-12-4-13-33-49)61-73(48-30-10-3-11-31-48)62-75(66-77,50-34-14-5-15-35-50)68-79(72-80,54-42-22-9-23-43-54)69-76(63-73,51-36-16-6-17-37-51)67-78(65-74,71-80)53-40-20-8-21-41-53/h24-29,44-45,48-54H,3-23,30-43H2,1-2H3,(H2,58,59,60). The van der Waals surface area contributed by atoms with Crippen LogP contribution in [0.3, 0.4) is 0 Å². The van der Waals surface area contributed by atoms with E-state index < -0.39 is 70.6 Å². The second-order valence-electron chi connectivity index (χ2n) is 26.7. The maximum Gasteiger partial charge on any atom is 0.633 e. The Balaban J connectivity index is 1.10. The minimum Gasteiger partial charge on any atom is -0.373 e. The van der Waals surface area contributed by atoms with Crippen LogP contribution in [0.4, 0.5) is 11.4 Å². The number of hydrogen-bond acceptors (Lipinski definition) is 13. The number of guanidine groups is 1. The van der Waals surface area contributed by atoms with Gasteiger partial charge in [-0.3, -0.25) is 0 Å². The highest BCUT2D eigenvalue weighted by Crippen LogP contribution is 2.65. The largest absolute Gasteiger partial charge is 0.633 e. The van der Waals surface area contributed by atoms with Gasteiger partial charge in [0.15, 0.2) is 5.96 Å². The lowest BCUT2D eigenvalue weighted by Crippen LogP contribution is -2.91. The van der Waals surface area contributed by atoms with Crippen LogP contribution in [0.15, 0.2) is 53.2 Å². The molecule has 0 aromatic heterocycles. The van der Waals surface area contributed by atoms with E-state index in [2.05, 4.69) is 73.0 Å². The van der Waals surface area contributed by atoms with E-state index in [1.165, 1.54) is 25.7 Å². The average Bonchev–Trinajstić information content (AvgIpc) is 3.10. The first-order chi connectivity index (χ1) is 39.1. The number of anilines is 2. The summed E-state index contributed by atoms with van der Waals surface area (Å²) in [6.07, 6.45) is 35.7. The molecule has 2 aromatic rings. The number of para-hydroxylation sites is 2. The molecule has 6 saturated heterocycles. The average molecular weight is 1240 g/mol. The zero-order chi connectivity index (χ0) is 53.9. The van der Waals surface area contributed by atoms with Gasteiger partial charge in [0.25, 0.3) is 0 Å². The maximum absolute atomic E-state index is 8.83. The molecule has 13 fully saturated rings. The SMILES string of the molecule is Cc1ccccc1NC(=N[Si]12O[Si]3(C4CCCCC4)O[Si]4(C5CCCCC5)O[Si](C5CCCCC5)(O1)O[Si]1(C5CCCCC5)O[Si](C5CCCCC5)(O2)O[Si](C2CCCCC2)(O3)O[Si](C2CCCCC2)(O4)O1)Nc1ccccc1C. The van der Waals surface area contributed by atoms with E-state index in [0.717, 1.165) is 222 Å². The Hall–Kier alpha value is -1.03. The first kappa shape index (κ1) is 56.8. The molecule has 0 amide bonds. The molecule has 7 aliphatic carbocycles. The molecule has 6 aliphatic heterocycles. The fourth-order valence-electron chi connectivity index (χ4n) is 16.7. The molecule has 13 aliphatic rings. The van der Waals surface area contributed by atoms with Crippen molar-refractivity contribution in [2.75, 3.05) is 10.6 Å². The van der Waals surface area contributed by atoms with Crippen LogP contribution in [-0.4, -0.2) is 76.6 Å². The third kappa shape index (κ3) is 10.7. The lowest BCUT2D eigenvalue weighted by Gasteiger charge is -2.67. The van der Waals surface area contributed by atoms with Crippen molar-refractivity contribution in [1.82, 2.24) is 0 Å². The normalized spacial score (nSPS) is 40.3. The first-order valence-electron chi connectivity index (χ1n) is 32.7. The van der Waals surface area contributed by atoms with Crippen LogP contribution in [0.25, 0.3) is 0 Å². The van der Waals surface area contributed by atoms with Gasteiger partial charge in [0.1, 0.15) is 0 Å². The van der Waals surface area contributed by atoms with Gasteiger partial charge in [-0.1, -0.05) is 171 Å². The number of nitrogens with zero attached hydrogens (tertiary/aromatic N) is 1. The number of hydrogen-bond donors (Lipinski definition) is 2. The summed E-state index contributed by atoms with van der Waals surface area (Å²) in [6, 6.07) is 16.8. The summed E-state index contributed by atoms with van der Waals surface area (Å²) in [6.45, 7) is 4.28. The maximum atomic E-state index is 8.83. The van der Waals surface area contributed by atoms with Crippen LogP contribution in [0.1, 0.15) is 236 Å². The molecule has 80 heavy (non-hydrogen) atoms. The van der Waals surface area contributed by atoms with E-state index in [0.29, 0.717) is 5.96 Å². The van der Waals surface area contributed by atoms with Gasteiger partial charge in [-0.2, -0.15) is 0 Å². The van der Waals surface area contributed by atoms with Crippen molar-refractivity contribution in [2.45, 2.75) is 277 Å².